The maximum atomic E-state index is 5.98. The van der Waals surface area contributed by atoms with E-state index in [9.17, 15) is 0 Å². The van der Waals surface area contributed by atoms with Crippen LogP contribution in [0.3, 0.4) is 0 Å². The number of aromatic nitrogens is 5. The van der Waals surface area contributed by atoms with Crippen LogP contribution in [0, 0.1) is 13.8 Å². The van der Waals surface area contributed by atoms with Gasteiger partial charge in [0, 0.05) is 11.1 Å². The first kappa shape index (κ1) is 21.2. The summed E-state index contributed by atoms with van der Waals surface area (Å²) in [4.78, 5) is 0. The molecule has 33 heavy (non-hydrogen) atoms. The first-order valence-corrected chi connectivity index (χ1v) is 11.6. The first-order valence-electron chi connectivity index (χ1n) is 10.7. The number of rotatable bonds is 6. The summed E-state index contributed by atoms with van der Waals surface area (Å²) < 4.78 is 8.07. The number of aryl methyl sites for hydroxylation is 2. The highest BCUT2D eigenvalue weighted by Gasteiger charge is 2.22. The monoisotopic (exact) mass is 453 g/mol. The fourth-order valence-electron chi connectivity index (χ4n) is 3.52. The van der Waals surface area contributed by atoms with Crippen molar-refractivity contribution in [3.05, 3.63) is 95.9 Å². The Kier molecular flexibility index (Phi) is 5.79. The predicted molar refractivity (Wildman–Crippen MR) is 130 cm³/mol. The molecule has 0 aliphatic heterocycles. The smallest absolute Gasteiger partial charge is 0.247 e. The van der Waals surface area contributed by atoms with E-state index < -0.39 is 0 Å². The summed E-state index contributed by atoms with van der Waals surface area (Å²) in [6, 6.07) is 26.3. The van der Waals surface area contributed by atoms with Gasteiger partial charge >= 0.3 is 0 Å². The molecule has 5 aromatic rings. The zero-order chi connectivity index (χ0) is 22.8. The summed E-state index contributed by atoms with van der Waals surface area (Å²) in [5.41, 5.74) is 5.39. The Balaban J connectivity index is 1.51. The second-order valence-electron chi connectivity index (χ2n) is 7.85. The lowest BCUT2D eigenvalue weighted by Gasteiger charge is -2.13. The number of hydrogen-bond acceptors (Lipinski definition) is 6. The molecule has 2 aromatic heterocycles. The molecule has 0 saturated carbocycles. The Labute approximate surface area is 196 Å². The molecule has 3 aromatic carbocycles. The van der Waals surface area contributed by atoms with Gasteiger partial charge in [0.2, 0.25) is 11.8 Å². The highest BCUT2D eigenvalue weighted by atomic mass is 32.2. The highest BCUT2D eigenvalue weighted by Crippen LogP contribution is 2.37. The first-order chi connectivity index (χ1) is 16.1. The van der Waals surface area contributed by atoms with E-state index in [-0.39, 0.29) is 5.25 Å². The topological polar surface area (TPSA) is 69.6 Å². The average molecular weight is 454 g/mol. The van der Waals surface area contributed by atoms with Crippen LogP contribution in [0.5, 0.6) is 0 Å². The number of thioether (sulfide) groups is 1. The Morgan fingerprint density at radius 2 is 1.45 bits per heavy atom. The van der Waals surface area contributed by atoms with Gasteiger partial charge in [0.25, 0.3) is 0 Å². The van der Waals surface area contributed by atoms with Crippen LogP contribution < -0.4 is 0 Å². The van der Waals surface area contributed by atoms with Gasteiger partial charge in [-0.1, -0.05) is 66.4 Å². The molecule has 5 rings (SSSR count). The van der Waals surface area contributed by atoms with Crippen LogP contribution in [0.1, 0.15) is 29.2 Å². The van der Waals surface area contributed by atoms with Crippen LogP contribution in [0.25, 0.3) is 28.5 Å². The Bertz CT molecular complexity index is 1380. The minimum atomic E-state index is -0.104. The molecule has 0 N–H and O–H groups in total. The molecule has 1 unspecified atom stereocenters. The summed E-state index contributed by atoms with van der Waals surface area (Å²) in [5.74, 6) is 1.86. The second-order valence-corrected chi connectivity index (χ2v) is 9.16. The van der Waals surface area contributed by atoms with Gasteiger partial charge in [-0.05, 0) is 56.2 Å². The molecule has 0 saturated heterocycles. The highest BCUT2D eigenvalue weighted by molar-refractivity contribution is 7.99. The van der Waals surface area contributed by atoms with E-state index in [0.29, 0.717) is 11.8 Å². The molecule has 1 atom stereocenters. The van der Waals surface area contributed by atoms with Crippen LogP contribution in [-0.4, -0.2) is 25.0 Å². The molecule has 0 aliphatic carbocycles. The van der Waals surface area contributed by atoms with Crippen LogP contribution in [-0.2, 0) is 0 Å². The van der Waals surface area contributed by atoms with Crippen molar-refractivity contribution in [2.45, 2.75) is 31.2 Å². The van der Waals surface area contributed by atoms with E-state index >= 15 is 0 Å². The van der Waals surface area contributed by atoms with Crippen LogP contribution in [0.4, 0.5) is 0 Å². The zero-order valence-electron chi connectivity index (χ0n) is 18.6. The van der Waals surface area contributed by atoms with Crippen molar-refractivity contribution in [2.24, 2.45) is 0 Å². The molecule has 2 heterocycles. The van der Waals surface area contributed by atoms with Crippen molar-refractivity contribution in [3.63, 3.8) is 0 Å². The molecular weight excluding hydrogens is 430 g/mol. The molecule has 6 nitrogen and oxygen atoms in total. The number of benzene rings is 3. The van der Waals surface area contributed by atoms with Crippen LogP contribution in [0.15, 0.2) is 88.4 Å². The summed E-state index contributed by atoms with van der Waals surface area (Å²) in [6.45, 7) is 6.26. The quantitative estimate of drug-likeness (QED) is 0.275. The minimum absolute atomic E-state index is 0.104. The molecule has 0 fully saturated rings. The summed E-state index contributed by atoms with van der Waals surface area (Å²) >= 11 is 1.55. The van der Waals surface area contributed by atoms with Crippen molar-refractivity contribution in [1.82, 2.24) is 25.0 Å². The van der Waals surface area contributed by atoms with E-state index in [1.807, 2.05) is 67.6 Å². The van der Waals surface area contributed by atoms with Crippen molar-refractivity contribution in [2.75, 3.05) is 0 Å². The number of hydrogen-bond donors (Lipinski definition) is 0. The van der Waals surface area contributed by atoms with Crippen molar-refractivity contribution < 1.29 is 4.42 Å². The molecule has 0 amide bonds. The zero-order valence-corrected chi connectivity index (χ0v) is 19.5. The van der Waals surface area contributed by atoms with Crippen LogP contribution in [0.2, 0.25) is 0 Å². The van der Waals surface area contributed by atoms with E-state index in [0.717, 1.165) is 27.8 Å². The summed E-state index contributed by atoms with van der Waals surface area (Å²) in [6.07, 6.45) is 0. The van der Waals surface area contributed by atoms with Crippen LogP contribution >= 0.6 is 11.8 Å². The normalized spacial score (nSPS) is 12.1. The van der Waals surface area contributed by atoms with Gasteiger partial charge < -0.3 is 4.42 Å². The SMILES string of the molecule is Cc1ccc(-n2c(SC(C)c3nnc(-c4ccccc4)o3)nnc2-c2ccccc2)cc1C. The van der Waals surface area contributed by atoms with Gasteiger partial charge in [-0.3, -0.25) is 4.57 Å². The molecule has 0 spiro atoms. The lowest BCUT2D eigenvalue weighted by atomic mass is 10.1. The van der Waals surface area contributed by atoms with Gasteiger partial charge in [-0.2, -0.15) is 0 Å². The molecular formula is C26H23N5OS. The third kappa shape index (κ3) is 4.32. The van der Waals surface area contributed by atoms with E-state index in [1.54, 1.807) is 11.8 Å². The minimum Gasteiger partial charge on any atom is -0.419 e. The van der Waals surface area contributed by atoms with Gasteiger partial charge in [0.05, 0.1) is 10.9 Å². The molecule has 7 heteroatoms. The Morgan fingerprint density at radius 1 is 0.758 bits per heavy atom. The largest absolute Gasteiger partial charge is 0.419 e. The van der Waals surface area contributed by atoms with E-state index in [2.05, 4.69) is 57.0 Å². The van der Waals surface area contributed by atoms with Crippen molar-refractivity contribution >= 4 is 11.8 Å². The molecule has 0 bridgehead atoms. The second kappa shape index (κ2) is 9.03. The predicted octanol–water partition coefficient (Wildman–Crippen LogP) is 6.45. The van der Waals surface area contributed by atoms with Gasteiger partial charge in [-0.15, -0.1) is 20.4 Å². The molecule has 164 valence electrons. The van der Waals surface area contributed by atoms with Gasteiger partial charge in [0.1, 0.15) is 0 Å². The Morgan fingerprint density at radius 3 is 2.15 bits per heavy atom. The van der Waals surface area contributed by atoms with Crippen molar-refractivity contribution in [1.29, 1.82) is 0 Å². The third-order valence-corrected chi connectivity index (χ3v) is 6.54. The Hall–Kier alpha value is -3.71. The molecule has 0 aliphatic rings. The summed E-state index contributed by atoms with van der Waals surface area (Å²) in [7, 11) is 0. The van der Waals surface area contributed by atoms with E-state index in [1.165, 1.54) is 11.1 Å². The van der Waals surface area contributed by atoms with Gasteiger partial charge in [-0.25, -0.2) is 0 Å². The van der Waals surface area contributed by atoms with Gasteiger partial charge in [0.15, 0.2) is 11.0 Å². The molecule has 0 radical (unpaired) electrons. The third-order valence-electron chi connectivity index (χ3n) is 5.51. The summed E-state index contributed by atoms with van der Waals surface area (Å²) in [5, 5.41) is 18.3. The maximum absolute atomic E-state index is 5.98. The maximum Gasteiger partial charge on any atom is 0.247 e. The lowest BCUT2D eigenvalue weighted by Crippen LogP contribution is -2.02. The fourth-order valence-corrected chi connectivity index (χ4v) is 4.42. The number of nitrogens with zero attached hydrogens (tertiary/aromatic N) is 5. The standard InChI is InChI=1S/C26H23N5OS/c1-17-14-15-22(16-18(17)2)31-23(20-10-6-4-7-11-20)27-30-26(31)33-19(3)24-28-29-25(32-24)21-12-8-5-9-13-21/h4-16,19H,1-3H3. The lowest BCUT2D eigenvalue weighted by molar-refractivity contribution is 0.509. The van der Waals surface area contributed by atoms with E-state index in [4.69, 9.17) is 4.42 Å². The average Bonchev–Trinajstić information content (AvgIpc) is 3.50. The van der Waals surface area contributed by atoms with Crippen molar-refractivity contribution in [3.8, 4) is 28.5 Å². The fraction of sp³-hybridized carbons (Fsp3) is 0.154.